The van der Waals surface area contributed by atoms with Gasteiger partial charge in [-0.15, -0.1) is 0 Å². The Bertz CT molecular complexity index is 491. The fourth-order valence-corrected chi connectivity index (χ4v) is 1.97. The van der Waals surface area contributed by atoms with Gasteiger partial charge in [0.05, 0.1) is 23.1 Å². The van der Waals surface area contributed by atoms with Crippen molar-refractivity contribution in [3.8, 4) is 6.07 Å². The monoisotopic (exact) mass is 246 g/mol. The molecular weight excluding hydrogens is 238 g/mol. The first-order valence-electron chi connectivity index (χ1n) is 4.23. The Kier molecular flexibility index (Phi) is 3.93. The zero-order valence-corrected chi connectivity index (χ0v) is 8.84. The molecule has 16 heavy (non-hydrogen) atoms. The molecule has 86 valence electrons. The molecule has 0 aromatic heterocycles. The number of nitrogens with zero attached hydrogens (tertiary/aromatic N) is 1. The third-order valence-corrected chi connectivity index (χ3v) is 3.16. The van der Waals surface area contributed by atoms with Crippen LogP contribution < -0.4 is 4.72 Å². The van der Waals surface area contributed by atoms with Crippen molar-refractivity contribution in [1.29, 1.82) is 5.26 Å². The van der Waals surface area contributed by atoms with E-state index in [9.17, 15) is 17.2 Å². The first-order valence-corrected chi connectivity index (χ1v) is 5.72. The van der Waals surface area contributed by atoms with Crippen LogP contribution in [0.2, 0.25) is 0 Å². The van der Waals surface area contributed by atoms with Crippen LogP contribution in [0.1, 0.15) is 5.56 Å². The van der Waals surface area contributed by atoms with Crippen molar-refractivity contribution in [3.05, 3.63) is 29.8 Å². The molecular formula is C9H8F2N2O2S. The zero-order valence-electron chi connectivity index (χ0n) is 8.02. The average molecular weight is 246 g/mol. The van der Waals surface area contributed by atoms with Crippen LogP contribution in [0.15, 0.2) is 29.2 Å². The second kappa shape index (κ2) is 5.01. The number of alkyl halides is 2. The number of nitrogens with one attached hydrogen (secondary N) is 1. The van der Waals surface area contributed by atoms with Crippen LogP contribution in [-0.2, 0) is 10.0 Å². The van der Waals surface area contributed by atoms with E-state index in [0.717, 1.165) is 0 Å². The zero-order chi connectivity index (χ0) is 12.2. The number of nitriles is 1. The molecule has 0 amide bonds. The van der Waals surface area contributed by atoms with Gasteiger partial charge in [-0.05, 0) is 24.3 Å². The Morgan fingerprint density at radius 3 is 2.31 bits per heavy atom. The molecule has 0 spiro atoms. The minimum absolute atomic E-state index is 0.146. The summed E-state index contributed by atoms with van der Waals surface area (Å²) in [4.78, 5) is -0.146. The lowest BCUT2D eigenvalue weighted by atomic mass is 10.2. The summed E-state index contributed by atoms with van der Waals surface area (Å²) in [6.07, 6.45) is -2.74. The lowest BCUT2D eigenvalue weighted by Crippen LogP contribution is -2.28. The highest BCUT2D eigenvalue weighted by Crippen LogP contribution is 2.10. The molecule has 0 saturated heterocycles. The Balaban J connectivity index is 2.87. The topological polar surface area (TPSA) is 70.0 Å². The standard InChI is InChI=1S/C9H8F2N2O2S/c10-9(11)6-13-16(14,15)8-3-1-7(5-12)2-4-8/h1-4,9,13H,6H2. The molecule has 0 aliphatic rings. The lowest BCUT2D eigenvalue weighted by molar-refractivity contribution is 0.153. The number of hydrogen-bond donors (Lipinski definition) is 1. The molecule has 1 N–H and O–H groups in total. The Hall–Kier alpha value is -1.52. The molecule has 0 bridgehead atoms. The predicted molar refractivity (Wildman–Crippen MR) is 52.3 cm³/mol. The highest BCUT2D eigenvalue weighted by atomic mass is 32.2. The van der Waals surface area contributed by atoms with Crippen molar-refractivity contribution in [1.82, 2.24) is 4.72 Å². The van der Waals surface area contributed by atoms with E-state index in [1.807, 2.05) is 6.07 Å². The molecule has 0 heterocycles. The summed E-state index contributed by atoms with van der Waals surface area (Å²) < 4.78 is 48.2. The van der Waals surface area contributed by atoms with E-state index in [1.165, 1.54) is 24.3 Å². The summed E-state index contributed by atoms with van der Waals surface area (Å²) in [5, 5.41) is 8.49. The molecule has 1 aromatic rings. The number of halogens is 2. The first kappa shape index (κ1) is 12.5. The third kappa shape index (κ3) is 3.25. The Morgan fingerprint density at radius 2 is 1.88 bits per heavy atom. The van der Waals surface area contributed by atoms with E-state index in [4.69, 9.17) is 5.26 Å². The van der Waals surface area contributed by atoms with E-state index >= 15 is 0 Å². The summed E-state index contributed by atoms with van der Waals surface area (Å²) >= 11 is 0. The van der Waals surface area contributed by atoms with Gasteiger partial charge in [-0.2, -0.15) is 5.26 Å². The van der Waals surface area contributed by atoms with Crippen LogP contribution in [0, 0.1) is 11.3 Å². The van der Waals surface area contributed by atoms with Gasteiger partial charge in [-0.25, -0.2) is 21.9 Å². The maximum Gasteiger partial charge on any atom is 0.251 e. The van der Waals surface area contributed by atoms with Gasteiger partial charge in [0.2, 0.25) is 10.0 Å². The third-order valence-electron chi connectivity index (χ3n) is 1.72. The van der Waals surface area contributed by atoms with E-state index in [2.05, 4.69) is 0 Å². The smallest absolute Gasteiger partial charge is 0.209 e. The van der Waals surface area contributed by atoms with Gasteiger partial charge in [0.25, 0.3) is 6.43 Å². The first-order chi connectivity index (χ1) is 7.45. The molecule has 1 aromatic carbocycles. The van der Waals surface area contributed by atoms with Crippen molar-refractivity contribution in [3.63, 3.8) is 0 Å². The second-order valence-electron chi connectivity index (χ2n) is 2.88. The summed E-state index contributed by atoms with van der Waals surface area (Å²) in [5.41, 5.74) is 0.299. The van der Waals surface area contributed by atoms with Gasteiger partial charge in [0, 0.05) is 0 Å². The van der Waals surface area contributed by atoms with E-state index < -0.39 is 23.0 Å². The highest BCUT2D eigenvalue weighted by Gasteiger charge is 2.15. The highest BCUT2D eigenvalue weighted by molar-refractivity contribution is 7.89. The molecule has 7 heteroatoms. The second-order valence-corrected chi connectivity index (χ2v) is 4.65. The van der Waals surface area contributed by atoms with Crippen LogP contribution in [0.4, 0.5) is 8.78 Å². The summed E-state index contributed by atoms with van der Waals surface area (Å²) in [7, 11) is -3.92. The molecule has 0 fully saturated rings. The summed E-state index contributed by atoms with van der Waals surface area (Å²) in [6.45, 7) is -0.928. The minimum atomic E-state index is -3.92. The normalized spacial score (nSPS) is 11.4. The number of hydrogen-bond acceptors (Lipinski definition) is 3. The number of sulfonamides is 1. The molecule has 4 nitrogen and oxygen atoms in total. The van der Waals surface area contributed by atoms with Gasteiger partial charge >= 0.3 is 0 Å². The van der Waals surface area contributed by atoms with Crippen LogP contribution in [0.25, 0.3) is 0 Å². The largest absolute Gasteiger partial charge is 0.251 e. The Morgan fingerprint density at radius 1 is 1.31 bits per heavy atom. The SMILES string of the molecule is N#Cc1ccc(S(=O)(=O)NCC(F)F)cc1. The molecule has 0 aliphatic heterocycles. The van der Waals surface area contributed by atoms with Crippen LogP contribution >= 0.6 is 0 Å². The van der Waals surface area contributed by atoms with Gasteiger partial charge in [-0.1, -0.05) is 0 Å². The van der Waals surface area contributed by atoms with Gasteiger partial charge in [-0.3, -0.25) is 0 Å². The van der Waals surface area contributed by atoms with Crippen LogP contribution in [0.5, 0.6) is 0 Å². The molecule has 0 radical (unpaired) electrons. The predicted octanol–water partition coefficient (Wildman–Crippen LogP) is 1.10. The lowest BCUT2D eigenvalue weighted by Gasteiger charge is -2.05. The average Bonchev–Trinajstić information content (AvgIpc) is 2.27. The van der Waals surface area contributed by atoms with Crippen molar-refractivity contribution < 1.29 is 17.2 Å². The van der Waals surface area contributed by atoms with E-state index in [1.54, 1.807) is 4.72 Å². The van der Waals surface area contributed by atoms with Crippen molar-refractivity contribution in [2.45, 2.75) is 11.3 Å². The van der Waals surface area contributed by atoms with E-state index in [0.29, 0.717) is 5.56 Å². The van der Waals surface area contributed by atoms with Crippen molar-refractivity contribution >= 4 is 10.0 Å². The van der Waals surface area contributed by atoms with E-state index in [-0.39, 0.29) is 4.90 Å². The maximum absolute atomic E-state index is 11.8. The summed E-state index contributed by atoms with van der Waals surface area (Å²) in [5.74, 6) is 0. The fraction of sp³-hybridized carbons (Fsp3) is 0.222. The van der Waals surface area contributed by atoms with Gasteiger partial charge < -0.3 is 0 Å². The Labute approximate surface area is 91.6 Å². The maximum atomic E-state index is 11.8. The molecule has 0 unspecified atom stereocenters. The molecule has 0 saturated carbocycles. The van der Waals surface area contributed by atoms with Crippen molar-refractivity contribution in [2.24, 2.45) is 0 Å². The van der Waals surface area contributed by atoms with Crippen LogP contribution in [-0.4, -0.2) is 21.4 Å². The molecule has 0 aliphatic carbocycles. The quantitative estimate of drug-likeness (QED) is 0.864. The molecule has 0 atom stereocenters. The number of rotatable bonds is 4. The van der Waals surface area contributed by atoms with Crippen LogP contribution in [0.3, 0.4) is 0 Å². The minimum Gasteiger partial charge on any atom is -0.209 e. The number of benzene rings is 1. The van der Waals surface area contributed by atoms with Gasteiger partial charge in [0.1, 0.15) is 0 Å². The summed E-state index contributed by atoms with van der Waals surface area (Å²) in [6, 6.07) is 6.80. The molecule has 1 rings (SSSR count). The van der Waals surface area contributed by atoms with Crippen molar-refractivity contribution in [2.75, 3.05) is 6.54 Å². The fourth-order valence-electron chi connectivity index (χ4n) is 0.965. The van der Waals surface area contributed by atoms with Gasteiger partial charge in [0.15, 0.2) is 0 Å².